The van der Waals surface area contributed by atoms with Gasteiger partial charge in [-0.2, -0.15) is 0 Å². The number of methoxy groups -OCH3 is 1. The Morgan fingerprint density at radius 2 is 1.86 bits per heavy atom. The minimum absolute atomic E-state index is 0.000719. The molecule has 0 aliphatic rings. The molecule has 2 aromatic heterocycles. The number of H-pyrrole nitrogens is 1. The zero-order valence-corrected chi connectivity index (χ0v) is 15.8. The van der Waals surface area contributed by atoms with Gasteiger partial charge in [0.05, 0.1) is 18.2 Å². The van der Waals surface area contributed by atoms with Crippen LogP contribution in [0.1, 0.15) is 5.56 Å². The van der Waals surface area contributed by atoms with Gasteiger partial charge in [0.25, 0.3) is 5.56 Å². The number of aryl methyl sites for hydroxylation is 2. The highest BCUT2D eigenvalue weighted by Crippen LogP contribution is 2.31. The number of benzene rings is 2. The summed E-state index contributed by atoms with van der Waals surface area (Å²) in [4.78, 5) is 31.6. The first-order valence-corrected chi connectivity index (χ1v) is 9.12. The van der Waals surface area contributed by atoms with Crippen LogP contribution in [0.5, 0.6) is 11.5 Å². The van der Waals surface area contributed by atoms with Crippen molar-refractivity contribution in [2.24, 2.45) is 0 Å². The molecule has 0 bridgehead atoms. The maximum atomic E-state index is 12.5. The number of phenolic OH excluding ortho intramolecular Hbond substituents is 1. The first kappa shape index (κ1) is 18.5. The third kappa shape index (κ3) is 3.62. The van der Waals surface area contributed by atoms with Crippen molar-refractivity contribution in [1.29, 1.82) is 0 Å². The molecule has 0 spiro atoms. The van der Waals surface area contributed by atoms with E-state index in [4.69, 9.17) is 4.74 Å². The van der Waals surface area contributed by atoms with E-state index in [1.54, 1.807) is 24.3 Å². The average molecular weight is 389 g/mol. The number of aromatic nitrogens is 3. The monoisotopic (exact) mass is 389 g/mol. The molecule has 29 heavy (non-hydrogen) atoms. The van der Waals surface area contributed by atoms with Gasteiger partial charge in [-0.3, -0.25) is 14.3 Å². The summed E-state index contributed by atoms with van der Waals surface area (Å²) in [6.07, 6.45) is 0.613. The predicted octanol–water partition coefficient (Wildman–Crippen LogP) is 2.71. The van der Waals surface area contributed by atoms with Crippen LogP contribution in [0.25, 0.3) is 22.3 Å². The molecule has 0 atom stereocenters. The molecule has 0 amide bonds. The second-order valence-electron chi connectivity index (χ2n) is 6.60. The Hall–Kier alpha value is -3.87. The van der Waals surface area contributed by atoms with Gasteiger partial charge in [0, 0.05) is 18.2 Å². The van der Waals surface area contributed by atoms with E-state index in [0.29, 0.717) is 35.4 Å². The second-order valence-corrected chi connectivity index (χ2v) is 6.60. The summed E-state index contributed by atoms with van der Waals surface area (Å²) in [5.41, 5.74) is 1.29. The van der Waals surface area contributed by atoms with Crippen molar-refractivity contribution in [3.63, 3.8) is 0 Å². The summed E-state index contributed by atoms with van der Waals surface area (Å²) in [6, 6.07) is 17.9. The van der Waals surface area contributed by atoms with Crippen LogP contribution in [0.2, 0.25) is 0 Å². The molecule has 7 nitrogen and oxygen atoms in total. The van der Waals surface area contributed by atoms with Crippen LogP contribution >= 0.6 is 0 Å². The zero-order valence-electron chi connectivity index (χ0n) is 15.8. The fourth-order valence-corrected chi connectivity index (χ4v) is 3.26. The second kappa shape index (κ2) is 7.63. The van der Waals surface area contributed by atoms with Crippen LogP contribution in [0.15, 0.2) is 70.3 Å². The van der Waals surface area contributed by atoms with Crippen molar-refractivity contribution >= 4 is 11.0 Å². The number of hydrogen-bond donors (Lipinski definition) is 2. The van der Waals surface area contributed by atoms with Crippen LogP contribution in [0.4, 0.5) is 0 Å². The van der Waals surface area contributed by atoms with Crippen molar-refractivity contribution < 1.29 is 9.84 Å². The van der Waals surface area contributed by atoms with E-state index in [0.717, 1.165) is 5.56 Å². The quantitative estimate of drug-likeness (QED) is 0.547. The molecular formula is C22H19N3O4. The Morgan fingerprint density at radius 1 is 1.07 bits per heavy atom. The first-order chi connectivity index (χ1) is 14.1. The molecule has 0 aliphatic heterocycles. The summed E-state index contributed by atoms with van der Waals surface area (Å²) in [7, 11) is 1.51. The Labute approximate surface area is 165 Å². The SMILES string of the molecule is COc1ccc(-c2ccc3c(=O)[nH]c(=O)n(CCc4ccccc4)c3n2)c(O)c1. The zero-order chi connectivity index (χ0) is 20.4. The molecule has 0 aliphatic carbocycles. The standard InChI is InChI=1S/C22H19N3O4/c1-29-15-7-8-16(19(26)13-15)18-10-9-17-20(23-18)25(22(28)24-21(17)27)12-11-14-5-3-2-4-6-14/h2-10,13,26H,11-12H2,1H3,(H,24,27,28). The minimum atomic E-state index is -0.512. The highest BCUT2D eigenvalue weighted by atomic mass is 16.5. The lowest BCUT2D eigenvalue weighted by atomic mass is 10.1. The minimum Gasteiger partial charge on any atom is -0.507 e. The van der Waals surface area contributed by atoms with Gasteiger partial charge < -0.3 is 9.84 Å². The number of ether oxygens (including phenoxy) is 1. The topological polar surface area (TPSA) is 97.2 Å². The number of nitrogens with zero attached hydrogens (tertiary/aromatic N) is 2. The summed E-state index contributed by atoms with van der Waals surface area (Å²) >= 11 is 0. The largest absolute Gasteiger partial charge is 0.507 e. The van der Waals surface area contributed by atoms with E-state index < -0.39 is 11.2 Å². The fourth-order valence-electron chi connectivity index (χ4n) is 3.26. The molecule has 0 fully saturated rings. The van der Waals surface area contributed by atoms with Gasteiger partial charge in [0.15, 0.2) is 0 Å². The molecule has 0 saturated heterocycles. The van der Waals surface area contributed by atoms with Crippen molar-refractivity contribution in [1.82, 2.24) is 14.5 Å². The lowest BCUT2D eigenvalue weighted by molar-refractivity contribution is 0.408. The van der Waals surface area contributed by atoms with E-state index in [2.05, 4.69) is 9.97 Å². The molecule has 2 aromatic carbocycles. The molecule has 4 aromatic rings. The highest BCUT2D eigenvalue weighted by Gasteiger charge is 2.13. The number of aromatic hydroxyl groups is 1. The highest BCUT2D eigenvalue weighted by molar-refractivity contribution is 5.79. The molecule has 0 unspecified atom stereocenters. The maximum Gasteiger partial charge on any atom is 0.330 e. The van der Waals surface area contributed by atoms with Gasteiger partial charge in [-0.25, -0.2) is 9.78 Å². The van der Waals surface area contributed by atoms with Crippen LogP contribution in [0.3, 0.4) is 0 Å². The normalized spacial score (nSPS) is 10.9. The molecular weight excluding hydrogens is 370 g/mol. The number of phenols is 1. The van der Waals surface area contributed by atoms with Crippen LogP contribution < -0.4 is 16.0 Å². The number of rotatable bonds is 5. The van der Waals surface area contributed by atoms with E-state index in [9.17, 15) is 14.7 Å². The van der Waals surface area contributed by atoms with E-state index >= 15 is 0 Å². The number of hydrogen-bond acceptors (Lipinski definition) is 5. The lowest BCUT2D eigenvalue weighted by Gasteiger charge is -2.11. The lowest BCUT2D eigenvalue weighted by Crippen LogP contribution is -2.31. The summed E-state index contributed by atoms with van der Waals surface area (Å²) in [5, 5.41) is 10.6. The van der Waals surface area contributed by atoms with Gasteiger partial charge in [-0.1, -0.05) is 30.3 Å². The van der Waals surface area contributed by atoms with Gasteiger partial charge in [0.2, 0.25) is 0 Å². The van der Waals surface area contributed by atoms with Gasteiger partial charge in [-0.15, -0.1) is 0 Å². The van der Waals surface area contributed by atoms with Crippen molar-refractivity contribution in [2.75, 3.05) is 7.11 Å². The van der Waals surface area contributed by atoms with Gasteiger partial charge >= 0.3 is 5.69 Å². The molecule has 146 valence electrons. The summed E-state index contributed by atoms with van der Waals surface area (Å²) in [6.45, 7) is 0.362. The number of pyridine rings is 1. The van der Waals surface area contributed by atoms with E-state index in [-0.39, 0.29) is 11.4 Å². The fraction of sp³-hybridized carbons (Fsp3) is 0.136. The third-order valence-corrected chi connectivity index (χ3v) is 4.79. The average Bonchev–Trinajstić information content (AvgIpc) is 2.74. The molecule has 0 radical (unpaired) electrons. The smallest absolute Gasteiger partial charge is 0.330 e. The maximum absolute atomic E-state index is 12.5. The predicted molar refractivity (Wildman–Crippen MR) is 110 cm³/mol. The Kier molecular flexibility index (Phi) is 4.87. The first-order valence-electron chi connectivity index (χ1n) is 9.12. The van der Waals surface area contributed by atoms with Crippen molar-refractivity contribution in [3.8, 4) is 22.8 Å². The summed E-state index contributed by atoms with van der Waals surface area (Å²) < 4.78 is 6.56. The third-order valence-electron chi connectivity index (χ3n) is 4.79. The number of nitrogens with one attached hydrogen (secondary N) is 1. The summed E-state index contributed by atoms with van der Waals surface area (Å²) in [5.74, 6) is 0.516. The van der Waals surface area contributed by atoms with Crippen molar-refractivity contribution in [3.05, 3.63) is 87.1 Å². The van der Waals surface area contributed by atoms with Crippen LogP contribution in [0, 0.1) is 0 Å². The molecule has 2 N–H and O–H groups in total. The molecule has 2 heterocycles. The van der Waals surface area contributed by atoms with Crippen LogP contribution in [-0.2, 0) is 13.0 Å². The Bertz CT molecular complexity index is 1290. The molecule has 4 rings (SSSR count). The number of fused-ring (bicyclic) bond motifs is 1. The Balaban J connectivity index is 1.82. The molecule has 0 saturated carbocycles. The van der Waals surface area contributed by atoms with E-state index in [1.807, 2.05) is 30.3 Å². The number of aromatic amines is 1. The van der Waals surface area contributed by atoms with Gasteiger partial charge in [0.1, 0.15) is 17.1 Å². The van der Waals surface area contributed by atoms with Gasteiger partial charge in [-0.05, 0) is 36.2 Å². The molecule has 7 heteroatoms. The van der Waals surface area contributed by atoms with E-state index in [1.165, 1.54) is 17.7 Å². The van der Waals surface area contributed by atoms with Crippen molar-refractivity contribution in [2.45, 2.75) is 13.0 Å². The Morgan fingerprint density at radius 3 is 2.59 bits per heavy atom. The van der Waals surface area contributed by atoms with Crippen LogP contribution in [-0.4, -0.2) is 26.8 Å².